The van der Waals surface area contributed by atoms with E-state index < -0.39 is 17.7 Å². The van der Waals surface area contributed by atoms with E-state index in [2.05, 4.69) is 0 Å². The maximum Gasteiger partial charge on any atom is 0.300 e. The van der Waals surface area contributed by atoms with E-state index in [0.29, 0.717) is 11.3 Å². The number of fused-ring (bicyclic) bond motifs is 1. The van der Waals surface area contributed by atoms with Crippen LogP contribution in [-0.2, 0) is 16.0 Å². The average Bonchev–Trinajstić information content (AvgIpc) is 3.31. The molecule has 0 bridgehead atoms. The predicted octanol–water partition coefficient (Wildman–Crippen LogP) is 5.25. The Bertz CT molecular complexity index is 1310. The Kier molecular flexibility index (Phi) is 5.05. The number of carbonyl (C=O) groups excluding carboxylic acids is 2. The molecule has 0 spiro atoms. The molecule has 2 heterocycles. The number of Topliss-reactive ketones (excluding diaryl/α,β-unsaturated/α-hetero) is 1. The number of aryl methyl sites for hydroxylation is 1. The highest BCUT2D eigenvalue weighted by Crippen LogP contribution is 2.44. The van der Waals surface area contributed by atoms with E-state index in [1.54, 1.807) is 6.07 Å². The van der Waals surface area contributed by atoms with Crippen LogP contribution in [0.2, 0.25) is 0 Å². The fourth-order valence-corrected chi connectivity index (χ4v) is 4.75. The third-order valence-corrected chi connectivity index (χ3v) is 6.56. The van der Waals surface area contributed by atoms with Crippen molar-refractivity contribution in [3.8, 4) is 5.75 Å². The van der Waals surface area contributed by atoms with Gasteiger partial charge in [0, 0.05) is 17.7 Å². The van der Waals surface area contributed by atoms with E-state index in [-0.39, 0.29) is 17.4 Å². The lowest BCUT2D eigenvalue weighted by Gasteiger charge is -2.27. The summed E-state index contributed by atoms with van der Waals surface area (Å²) in [6.07, 6.45) is 0.798. The van der Waals surface area contributed by atoms with Crippen LogP contribution in [0.5, 0.6) is 5.75 Å². The number of aliphatic hydroxyl groups is 1. The van der Waals surface area contributed by atoms with Crippen LogP contribution < -0.4 is 9.64 Å². The second kappa shape index (κ2) is 7.93. The molecular weight excluding hydrogens is 414 g/mol. The number of ketones is 1. The van der Waals surface area contributed by atoms with Crippen LogP contribution in [0.4, 0.5) is 5.69 Å². The first-order valence-corrected chi connectivity index (χ1v) is 11.1. The first-order chi connectivity index (χ1) is 15.9. The maximum atomic E-state index is 13.3. The van der Waals surface area contributed by atoms with E-state index in [1.807, 2.05) is 81.4 Å². The quantitative estimate of drug-likeness (QED) is 0.344. The lowest BCUT2D eigenvalue weighted by atomic mass is 9.94. The molecule has 1 fully saturated rings. The SMILES string of the molecule is Cc1cccc(N2C(=O)C(=O)/C(=C(\O)c3ccc4c(c3)CC(C)O4)C2c2ccccc2)c1C. The van der Waals surface area contributed by atoms with Gasteiger partial charge in [-0.05, 0) is 67.3 Å². The number of carbonyl (C=O) groups is 2. The molecule has 33 heavy (non-hydrogen) atoms. The number of hydrogen-bond acceptors (Lipinski definition) is 4. The number of amides is 1. The number of hydrogen-bond donors (Lipinski definition) is 1. The van der Waals surface area contributed by atoms with Crippen LogP contribution in [0.25, 0.3) is 5.76 Å². The van der Waals surface area contributed by atoms with Crippen LogP contribution >= 0.6 is 0 Å². The van der Waals surface area contributed by atoms with Gasteiger partial charge in [-0.3, -0.25) is 14.5 Å². The second-order valence-corrected chi connectivity index (χ2v) is 8.75. The summed E-state index contributed by atoms with van der Waals surface area (Å²) < 4.78 is 5.77. The first-order valence-electron chi connectivity index (χ1n) is 11.1. The molecule has 1 N–H and O–H groups in total. The van der Waals surface area contributed by atoms with E-state index in [1.165, 1.54) is 4.90 Å². The number of ether oxygens (including phenoxy) is 1. The molecule has 0 aromatic heterocycles. The van der Waals surface area contributed by atoms with Gasteiger partial charge in [0.1, 0.15) is 17.6 Å². The summed E-state index contributed by atoms with van der Waals surface area (Å²) in [4.78, 5) is 28.2. The normalized spacial score (nSPS) is 21.2. The zero-order chi connectivity index (χ0) is 23.3. The Morgan fingerprint density at radius 2 is 1.76 bits per heavy atom. The van der Waals surface area contributed by atoms with Gasteiger partial charge in [-0.25, -0.2) is 0 Å². The van der Waals surface area contributed by atoms with Gasteiger partial charge >= 0.3 is 0 Å². The molecule has 3 aromatic rings. The minimum Gasteiger partial charge on any atom is -0.507 e. The largest absolute Gasteiger partial charge is 0.507 e. The van der Waals surface area contributed by atoms with Crippen LogP contribution in [0.3, 0.4) is 0 Å². The standard InChI is InChI=1S/C28H25NO4/c1-16-8-7-11-22(18(16)3)29-25(19-9-5-4-6-10-19)24(27(31)28(29)32)26(30)20-12-13-23-21(15-20)14-17(2)33-23/h4-13,15,17,25,30H,14H2,1-3H3/b26-24-. The molecule has 2 aliphatic rings. The summed E-state index contributed by atoms with van der Waals surface area (Å²) >= 11 is 0. The smallest absolute Gasteiger partial charge is 0.300 e. The van der Waals surface area contributed by atoms with Crippen molar-refractivity contribution in [3.05, 3.63) is 100 Å². The molecule has 5 rings (SSSR count). The van der Waals surface area contributed by atoms with Gasteiger partial charge in [0.05, 0.1) is 11.6 Å². The zero-order valence-corrected chi connectivity index (χ0v) is 18.8. The summed E-state index contributed by atoms with van der Waals surface area (Å²) in [5.41, 5.74) is 4.95. The van der Waals surface area contributed by atoms with Crippen LogP contribution in [-0.4, -0.2) is 22.9 Å². The summed E-state index contributed by atoms with van der Waals surface area (Å²) in [7, 11) is 0. The molecule has 2 aliphatic heterocycles. The van der Waals surface area contributed by atoms with Gasteiger partial charge in [0.2, 0.25) is 0 Å². The van der Waals surface area contributed by atoms with E-state index >= 15 is 0 Å². The number of aliphatic hydroxyl groups excluding tert-OH is 1. The van der Waals surface area contributed by atoms with E-state index in [9.17, 15) is 14.7 Å². The third-order valence-electron chi connectivity index (χ3n) is 6.56. The minimum atomic E-state index is -0.727. The van der Waals surface area contributed by atoms with Gasteiger partial charge in [-0.1, -0.05) is 42.5 Å². The van der Waals surface area contributed by atoms with Gasteiger partial charge in [0.25, 0.3) is 11.7 Å². The zero-order valence-electron chi connectivity index (χ0n) is 18.8. The molecular formula is C28H25NO4. The summed E-state index contributed by atoms with van der Waals surface area (Å²) in [5.74, 6) is -0.712. The lowest BCUT2D eigenvalue weighted by Crippen LogP contribution is -2.30. The van der Waals surface area contributed by atoms with Crippen molar-refractivity contribution in [3.63, 3.8) is 0 Å². The topological polar surface area (TPSA) is 66.8 Å². The molecule has 2 unspecified atom stereocenters. The van der Waals surface area contributed by atoms with Crippen molar-refractivity contribution in [2.24, 2.45) is 0 Å². The van der Waals surface area contributed by atoms with Crippen molar-refractivity contribution in [2.75, 3.05) is 4.90 Å². The van der Waals surface area contributed by atoms with Crippen LogP contribution in [0.1, 0.15) is 40.8 Å². The van der Waals surface area contributed by atoms with Gasteiger partial charge in [-0.2, -0.15) is 0 Å². The van der Waals surface area contributed by atoms with Crippen molar-refractivity contribution in [1.29, 1.82) is 0 Å². The molecule has 3 aromatic carbocycles. The molecule has 2 atom stereocenters. The molecule has 1 amide bonds. The van der Waals surface area contributed by atoms with E-state index in [4.69, 9.17) is 4.74 Å². The molecule has 0 radical (unpaired) electrons. The maximum absolute atomic E-state index is 13.3. The van der Waals surface area contributed by atoms with Gasteiger partial charge in [0.15, 0.2) is 0 Å². The van der Waals surface area contributed by atoms with Crippen molar-refractivity contribution in [2.45, 2.75) is 39.3 Å². The van der Waals surface area contributed by atoms with Crippen molar-refractivity contribution in [1.82, 2.24) is 0 Å². The number of nitrogens with zero attached hydrogens (tertiary/aromatic N) is 1. The molecule has 1 saturated heterocycles. The minimum absolute atomic E-state index is 0.0663. The fraction of sp³-hybridized carbons (Fsp3) is 0.214. The predicted molar refractivity (Wildman–Crippen MR) is 127 cm³/mol. The Morgan fingerprint density at radius 3 is 2.52 bits per heavy atom. The van der Waals surface area contributed by atoms with Crippen LogP contribution in [0, 0.1) is 13.8 Å². The van der Waals surface area contributed by atoms with Crippen molar-refractivity contribution < 1.29 is 19.4 Å². The molecule has 5 nitrogen and oxygen atoms in total. The lowest BCUT2D eigenvalue weighted by molar-refractivity contribution is -0.132. The Morgan fingerprint density at radius 1 is 1.00 bits per heavy atom. The van der Waals surface area contributed by atoms with Gasteiger partial charge < -0.3 is 9.84 Å². The number of benzene rings is 3. The first kappa shape index (κ1) is 21.0. The van der Waals surface area contributed by atoms with Gasteiger partial charge in [-0.15, -0.1) is 0 Å². The van der Waals surface area contributed by atoms with Crippen molar-refractivity contribution >= 4 is 23.1 Å². The highest BCUT2D eigenvalue weighted by Gasteiger charge is 2.47. The summed E-state index contributed by atoms with van der Waals surface area (Å²) in [5, 5.41) is 11.4. The molecule has 0 aliphatic carbocycles. The number of rotatable bonds is 3. The fourth-order valence-electron chi connectivity index (χ4n) is 4.75. The summed E-state index contributed by atoms with van der Waals surface area (Å²) in [6, 6.07) is 19.7. The summed E-state index contributed by atoms with van der Waals surface area (Å²) in [6.45, 7) is 5.90. The second-order valence-electron chi connectivity index (χ2n) is 8.75. The molecule has 5 heteroatoms. The molecule has 0 saturated carbocycles. The monoisotopic (exact) mass is 439 g/mol. The molecule has 166 valence electrons. The van der Waals surface area contributed by atoms with Crippen LogP contribution in [0.15, 0.2) is 72.3 Å². The van der Waals surface area contributed by atoms with E-state index in [0.717, 1.165) is 34.4 Å². The number of anilines is 1. The highest BCUT2D eigenvalue weighted by atomic mass is 16.5. The Hall–Kier alpha value is -3.86. The third kappa shape index (κ3) is 3.41. The highest BCUT2D eigenvalue weighted by molar-refractivity contribution is 6.51. The average molecular weight is 440 g/mol. The Balaban J connectivity index is 1.71. The Labute approximate surface area is 192 Å².